The second-order valence-electron chi connectivity index (χ2n) is 10.0. The van der Waals surface area contributed by atoms with Crippen molar-refractivity contribution in [3.8, 4) is 0 Å². The SMILES string of the molecule is Nc1nc2ncc(CNc3ccc(C(=O)NC(CCC(=O)NC(CC(=O)O)C(=O)NC(CC(=O)O)C(=O)O)C(=O)O)cc3)nc2c(=O)[nH]1. The molecule has 0 aliphatic heterocycles. The molecule has 0 spiro atoms. The van der Waals surface area contributed by atoms with Gasteiger partial charge in [0, 0.05) is 17.7 Å². The Hall–Kier alpha value is -6.67. The Morgan fingerprint density at radius 3 is 2.04 bits per heavy atom. The number of hydrogen-bond acceptors (Lipinski definition) is 13. The van der Waals surface area contributed by atoms with E-state index in [0.29, 0.717) is 11.4 Å². The average Bonchev–Trinajstić information content (AvgIpc) is 3.00. The van der Waals surface area contributed by atoms with Crippen molar-refractivity contribution in [1.29, 1.82) is 0 Å². The summed E-state index contributed by atoms with van der Waals surface area (Å²) in [4.78, 5) is 109. The molecule has 0 saturated carbocycles. The molecule has 0 saturated heterocycles. The van der Waals surface area contributed by atoms with Crippen LogP contribution in [0, 0.1) is 0 Å². The Kier molecular flexibility index (Phi) is 12.0. The van der Waals surface area contributed by atoms with Crippen molar-refractivity contribution in [2.24, 2.45) is 0 Å². The van der Waals surface area contributed by atoms with Crippen LogP contribution in [0.4, 0.5) is 11.6 Å². The van der Waals surface area contributed by atoms with Crippen molar-refractivity contribution in [2.45, 2.75) is 50.4 Å². The van der Waals surface area contributed by atoms with Gasteiger partial charge >= 0.3 is 23.9 Å². The molecule has 3 amide bonds. The number of anilines is 2. The zero-order valence-corrected chi connectivity index (χ0v) is 24.6. The van der Waals surface area contributed by atoms with E-state index >= 15 is 0 Å². The van der Waals surface area contributed by atoms with Crippen molar-refractivity contribution < 1.29 is 54.0 Å². The van der Waals surface area contributed by atoms with Crippen molar-refractivity contribution >= 4 is 64.4 Å². The molecule has 11 N–H and O–H groups in total. The van der Waals surface area contributed by atoms with Gasteiger partial charge in [-0.05, 0) is 30.7 Å². The maximum atomic E-state index is 12.7. The Bertz CT molecular complexity index is 1790. The van der Waals surface area contributed by atoms with Crippen LogP contribution in [0.15, 0.2) is 35.3 Å². The van der Waals surface area contributed by atoms with Gasteiger partial charge in [0.2, 0.25) is 17.8 Å². The van der Waals surface area contributed by atoms with Crippen LogP contribution in [-0.2, 0) is 35.3 Å². The predicted molar refractivity (Wildman–Crippen MR) is 160 cm³/mol. The van der Waals surface area contributed by atoms with Crippen LogP contribution in [-0.4, -0.2) is 100 Å². The second-order valence-corrected chi connectivity index (χ2v) is 10.0. The van der Waals surface area contributed by atoms with Crippen molar-refractivity contribution in [3.63, 3.8) is 0 Å². The summed E-state index contributed by atoms with van der Waals surface area (Å²) < 4.78 is 0. The van der Waals surface area contributed by atoms with Gasteiger partial charge < -0.3 is 47.4 Å². The molecule has 3 rings (SSSR count). The lowest BCUT2D eigenvalue weighted by atomic mass is 10.1. The zero-order chi connectivity index (χ0) is 35.5. The molecule has 0 aliphatic rings. The molecule has 2 heterocycles. The largest absolute Gasteiger partial charge is 0.481 e. The predicted octanol–water partition coefficient (Wildman–Crippen LogP) is -2.13. The van der Waals surface area contributed by atoms with Gasteiger partial charge in [-0.25, -0.2) is 19.6 Å². The lowest BCUT2D eigenvalue weighted by Gasteiger charge is -2.20. The van der Waals surface area contributed by atoms with E-state index in [-0.39, 0.29) is 29.2 Å². The minimum atomic E-state index is -1.91. The van der Waals surface area contributed by atoms with E-state index in [1.807, 2.05) is 5.32 Å². The fourth-order valence-electron chi connectivity index (χ4n) is 4.06. The second kappa shape index (κ2) is 16.1. The summed E-state index contributed by atoms with van der Waals surface area (Å²) >= 11 is 0. The first-order valence-corrected chi connectivity index (χ1v) is 13.8. The normalized spacial score (nSPS) is 12.6. The van der Waals surface area contributed by atoms with E-state index in [4.69, 9.17) is 21.1 Å². The maximum absolute atomic E-state index is 12.7. The number of nitrogens with two attached hydrogens (primary N) is 1. The maximum Gasteiger partial charge on any atom is 0.326 e. The number of fused-ring (bicyclic) bond motifs is 1. The molecule has 21 nitrogen and oxygen atoms in total. The molecule has 21 heteroatoms. The molecule has 2 aromatic heterocycles. The highest BCUT2D eigenvalue weighted by Crippen LogP contribution is 2.12. The van der Waals surface area contributed by atoms with Gasteiger partial charge in [0.05, 0.1) is 31.3 Å². The summed E-state index contributed by atoms with van der Waals surface area (Å²) in [7, 11) is 0. The average molecular weight is 672 g/mol. The minimum absolute atomic E-state index is 0.00609. The number of H-pyrrole nitrogens is 1. The van der Waals surface area contributed by atoms with Crippen molar-refractivity contribution in [1.82, 2.24) is 35.9 Å². The summed E-state index contributed by atoms with van der Waals surface area (Å²) in [5.41, 5.74) is 5.99. The summed E-state index contributed by atoms with van der Waals surface area (Å²) in [6.45, 7) is 0.138. The molecule has 3 aromatic rings. The van der Waals surface area contributed by atoms with Crippen LogP contribution in [0.1, 0.15) is 41.7 Å². The highest BCUT2D eigenvalue weighted by atomic mass is 16.4. The first-order chi connectivity index (χ1) is 22.6. The first-order valence-electron chi connectivity index (χ1n) is 13.8. The van der Waals surface area contributed by atoms with Gasteiger partial charge in [-0.15, -0.1) is 0 Å². The van der Waals surface area contributed by atoms with Gasteiger partial charge in [-0.2, -0.15) is 4.98 Å². The molecular formula is C27H29N9O12. The highest BCUT2D eigenvalue weighted by molar-refractivity contribution is 5.97. The first kappa shape index (κ1) is 35.8. The molecule has 3 atom stereocenters. The Morgan fingerprint density at radius 2 is 1.44 bits per heavy atom. The number of carbonyl (C=O) groups is 7. The molecule has 3 unspecified atom stereocenters. The number of aliphatic carboxylic acids is 4. The number of nitrogens with zero attached hydrogens (tertiary/aromatic N) is 3. The van der Waals surface area contributed by atoms with Gasteiger partial charge in [-0.1, -0.05) is 0 Å². The summed E-state index contributed by atoms with van der Waals surface area (Å²) in [5.74, 6) is -9.52. The zero-order valence-electron chi connectivity index (χ0n) is 24.6. The van der Waals surface area contributed by atoms with Crippen LogP contribution in [0.25, 0.3) is 11.2 Å². The summed E-state index contributed by atoms with van der Waals surface area (Å²) in [6.07, 6.45) is -1.71. The molecule has 0 radical (unpaired) electrons. The van der Waals surface area contributed by atoms with E-state index in [1.54, 1.807) is 0 Å². The summed E-state index contributed by atoms with van der Waals surface area (Å²) in [6, 6.07) is 0.487. The fourth-order valence-corrected chi connectivity index (χ4v) is 4.06. The minimum Gasteiger partial charge on any atom is -0.481 e. The summed E-state index contributed by atoms with van der Waals surface area (Å²) in [5, 5.41) is 45.7. The van der Waals surface area contributed by atoms with Crippen molar-refractivity contribution in [3.05, 3.63) is 52.1 Å². The van der Waals surface area contributed by atoms with E-state index in [0.717, 1.165) is 0 Å². The lowest BCUT2D eigenvalue weighted by molar-refractivity contribution is -0.148. The van der Waals surface area contributed by atoms with Crippen LogP contribution in [0.5, 0.6) is 0 Å². The number of benzene rings is 1. The number of aromatic amines is 1. The molecule has 48 heavy (non-hydrogen) atoms. The number of carboxylic acids is 4. The van der Waals surface area contributed by atoms with Crippen LogP contribution >= 0.6 is 0 Å². The Balaban J connectivity index is 1.56. The molecule has 254 valence electrons. The standard InChI is InChI=1S/C27H29N9O12/c28-27-35-21-20(24(44)36-27)31-13(10-30-21)9-29-12-3-1-11(2-4-12)22(42)33-14(25(45)46)5-6-17(37)32-15(7-18(38)39)23(43)34-16(26(47)48)8-19(40)41/h1-4,10,14-16,29H,5-9H2,(H,32,37)(H,33,42)(H,34,43)(H,38,39)(H,40,41)(H,45,46)(H,47,48)(H3,28,30,35,36,44). The number of nitrogen functional groups attached to an aromatic ring is 1. The molecular weight excluding hydrogens is 642 g/mol. The van der Waals surface area contributed by atoms with Crippen LogP contribution in [0.3, 0.4) is 0 Å². The van der Waals surface area contributed by atoms with Gasteiger partial charge in [0.25, 0.3) is 11.5 Å². The van der Waals surface area contributed by atoms with E-state index in [9.17, 15) is 43.5 Å². The number of nitrogens with one attached hydrogen (secondary N) is 5. The Labute approximate surface area is 268 Å². The molecule has 0 fully saturated rings. The third kappa shape index (κ3) is 10.5. The quantitative estimate of drug-likeness (QED) is 0.0732. The molecule has 1 aromatic carbocycles. The highest BCUT2D eigenvalue weighted by Gasteiger charge is 2.30. The third-order valence-corrected chi connectivity index (χ3v) is 6.39. The van der Waals surface area contributed by atoms with E-state index in [1.165, 1.54) is 30.5 Å². The van der Waals surface area contributed by atoms with Crippen molar-refractivity contribution in [2.75, 3.05) is 11.1 Å². The van der Waals surface area contributed by atoms with Crippen LogP contribution in [0.2, 0.25) is 0 Å². The number of carboxylic acid groups (broad SMARTS) is 4. The van der Waals surface area contributed by atoms with Gasteiger partial charge in [0.1, 0.15) is 18.1 Å². The van der Waals surface area contributed by atoms with Crippen LogP contribution < -0.4 is 32.6 Å². The Morgan fingerprint density at radius 1 is 0.812 bits per heavy atom. The molecule has 0 aliphatic carbocycles. The number of carbonyl (C=O) groups excluding carboxylic acids is 3. The smallest absolute Gasteiger partial charge is 0.326 e. The number of aromatic nitrogens is 4. The number of hydrogen-bond donors (Lipinski definition) is 10. The lowest BCUT2D eigenvalue weighted by Crippen LogP contribution is -2.53. The van der Waals surface area contributed by atoms with Gasteiger partial charge in [-0.3, -0.25) is 33.8 Å². The topological polar surface area (TPSA) is 346 Å². The number of rotatable bonds is 17. The monoisotopic (exact) mass is 671 g/mol. The fraction of sp³-hybridized carbons (Fsp3) is 0.296. The van der Waals surface area contributed by atoms with E-state index < -0.39 is 91.0 Å². The van der Waals surface area contributed by atoms with E-state index in [2.05, 4.69) is 35.9 Å². The number of amides is 3. The third-order valence-electron chi connectivity index (χ3n) is 6.39. The molecule has 0 bridgehead atoms. The van der Waals surface area contributed by atoms with Gasteiger partial charge in [0.15, 0.2) is 11.2 Å².